The quantitative estimate of drug-likeness (QED) is 0.765. The lowest BCUT2D eigenvalue weighted by Gasteiger charge is -1.97. The number of aliphatic hydroxyl groups excluding tert-OH is 1. The van der Waals surface area contributed by atoms with E-state index in [4.69, 9.17) is 5.11 Å². The Morgan fingerprint density at radius 2 is 2.30 bits per heavy atom. The number of aromatic nitrogens is 1. The van der Waals surface area contributed by atoms with Crippen molar-refractivity contribution in [3.8, 4) is 0 Å². The molecule has 54 valence electrons. The predicted molar refractivity (Wildman–Crippen MR) is 47.6 cm³/mol. The van der Waals surface area contributed by atoms with Gasteiger partial charge in [0, 0.05) is 9.26 Å². The van der Waals surface area contributed by atoms with Gasteiger partial charge in [0.15, 0.2) is 0 Å². The van der Waals surface area contributed by atoms with E-state index in [1.807, 2.05) is 19.1 Å². The van der Waals surface area contributed by atoms with E-state index in [2.05, 4.69) is 27.6 Å². The summed E-state index contributed by atoms with van der Waals surface area (Å²) in [6.07, 6.45) is 0. The molecule has 0 saturated carbocycles. The maximum absolute atomic E-state index is 8.72. The van der Waals surface area contributed by atoms with Crippen LogP contribution in [0.5, 0.6) is 0 Å². The molecule has 2 nitrogen and oxygen atoms in total. The van der Waals surface area contributed by atoms with Crippen molar-refractivity contribution in [2.45, 2.75) is 13.5 Å². The first-order chi connectivity index (χ1) is 4.72. The number of aliphatic hydroxyl groups is 1. The summed E-state index contributed by atoms with van der Waals surface area (Å²) in [5.41, 5.74) is 1.69. The van der Waals surface area contributed by atoms with Gasteiger partial charge in [-0.3, -0.25) is 4.98 Å². The number of aryl methyl sites for hydroxylation is 1. The van der Waals surface area contributed by atoms with Gasteiger partial charge in [-0.05, 0) is 41.6 Å². The maximum atomic E-state index is 8.72. The zero-order valence-corrected chi connectivity index (χ0v) is 7.79. The Labute approximate surface area is 73.4 Å². The Bertz CT molecular complexity index is 217. The van der Waals surface area contributed by atoms with E-state index in [1.165, 1.54) is 0 Å². The van der Waals surface area contributed by atoms with Crippen molar-refractivity contribution in [3.63, 3.8) is 0 Å². The molecule has 0 atom stereocenters. The van der Waals surface area contributed by atoms with Gasteiger partial charge in [0.2, 0.25) is 0 Å². The molecule has 0 aliphatic rings. The van der Waals surface area contributed by atoms with Gasteiger partial charge < -0.3 is 5.11 Å². The maximum Gasteiger partial charge on any atom is 0.0853 e. The molecule has 0 radical (unpaired) electrons. The lowest BCUT2D eigenvalue weighted by molar-refractivity contribution is 0.276. The van der Waals surface area contributed by atoms with E-state index in [9.17, 15) is 0 Å². The molecule has 0 saturated heterocycles. The normalized spacial score (nSPS) is 9.90. The Hall–Kier alpha value is -0.160. The molecule has 0 unspecified atom stereocenters. The number of rotatable bonds is 1. The minimum Gasteiger partial charge on any atom is -0.390 e. The standard InChI is InChI=1S/C7H8INO/c1-5-2-6(8)3-7(4-10)9-5/h2-3,10H,4H2,1H3. The Balaban J connectivity index is 3.06. The summed E-state index contributed by atoms with van der Waals surface area (Å²) in [5, 5.41) is 8.72. The molecule has 3 heteroatoms. The van der Waals surface area contributed by atoms with Crippen molar-refractivity contribution < 1.29 is 5.11 Å². The first kappa shape index (κ1) is 7.94. The van der Waals surface area contributed by atoms with E-state index < -0.39 is 0 Å². The summed E-state index contributed by atoms with van der Waals surface area (Å²) in [6, 6.07) is 3.84. The van der Waals surface area contributed by atoms with Gasteiger partial charge in [-0.15, -0.1) is 0 Å². The van der Waals surface area contributed by atoms with Gasteiger partial charge in [-0.25, -0.2) is 0 Å². The summed E-state index contributed by atoms with van der Waals surface area (Å²) in [5.74, 6) is 0. The number of halogens is 1. The summed E-state index contributed by atoms with van der Waals surface area (Å²) in [7, 11) is 0. The van der Waals surface area contributed by atoms with Gasteiger partial charge >= 0.3 is 0 Å². The van der Waals surface area contributed by atoms with Crippen LogP contribution in [0, 0.1) is 10.5 Å². The lowest BCUT2D eigenvalue weighted by atomic mass is 10.3. The van der Waals surface area contributed by atoms with Crippen molar-refractivity contribution in [3.05, 3.63) is 27.1 Å². The SMILES string of the molecule is Cc1cc(I)cc(CO)n1. The topological polar surface area (TPSA) is 33.1 Å². The highest BCUT2D eigenvalue weighted by Crippen LogP contribution is 2.07. The molecule has 1 rings (SSSR count). The molecule has 10 heavy (non-hydrogen) atoms. The minimum atomic E-state index is 0.0255. The second-order valence-electron chi connectivity index (χ2n) is 2.08. The Kier molecular flexibility index (Phi) is 2.62. The third-order valence-electron chi connectivity index (χ3n) is 1.13. The molecule has 0 aliphatic heterocycles. The zero-order chi connectivity index (χ0) is 7.56. The van der Waals surface area contributed by atoms with E-state index in [0.717, 1.165) is 15.0 Å². The van der Waals surface area contributed by atoms with Crippen LogP contribution in [-0.2, 0) is 6.61 Å². The fraction of sp³-hybridized carbons (Fsp3) is 0.286. The second-order valence-corrected chi connectivity index (χ2v) is 3.32. The van der Waals surface area contributed by atoms with Crippen molar-refractivity contribution >= 4 is 22.6 Å². The molecular formula is C7H8INO. The highest BCUT2D eigenvalue weighted by molar-refractivity contribution is 14.1. The molecule has 1 aromatic heterocycles. The fourth-order valence-electron chi connectivity index (χ4n) is 0.772. The van der Waals surface area contributed by atoms with Gasteiger partial charge in [0.25, 0.3) is 0 Å². The van der Waals surface area contributed by atoms with Crippen LogP contribution in [0.25, 0.3) is 0 Å². The van der Waals surface area contributed by atoms with Crippen LogP contribution >= 0.6 is 22.6 Å². The molecule has 0 spiro atoms. The first-order valence-corrected chi connectivity index (χ1v) is 4.04. The average Bonchev–Trinajstić information content (AvgIpc) is 1.85. The zero-order valence-electron chi connectivity index (χ0n) is 5.63. The molecular weight excluding hydrogens is 241 g/mol. The van der Waals surface area contributed by atoms with Crippen molar-refractivity contribution in [1.82, 2.24) is 4.98 Å². The number of hydrogen-bond acceptors (Lipinski definition) is 2. The monoisotopic (exact) mass is 249 g/mol. The molecule has 0 fully saturated rings. The van der Waals surface area contributed by atoms with Gasteiger partial charge in [0.1, 0.15) is 0 Å². The minimum absolute atomic E-state index is 0.0255. The van der Waals surface area contributed by atoms with Crippen LogP contribution in [0.1, 0.15) is 11.4 Å². The number of hydrogen-bond donors (Lipinski definition) is 1. The molecule has 1 aromatic rings. The third kappa shape index (κ3) is 1.91. The molecule has 1 heterocycles. The Morgan fingerprint density at radius 1 is 1.60 bits per heavy atom. The highest BCUT2D eigenvalue weighted by atomic mass is 127. The van der Waals surface area contributed by atoms with Crippen LogP contribution in [0.2, 0.25) is 0 Å². The van der Waals surface area contributed by atoms with Crippen LogP contribution in [-0.4, -0.2) is 10.1 Å². The molecule has 1 N–H and O–H groups in total. The van der Waals surface area contributed by atoms with Crippen molar-refractivity contribution in [1.29, 1.82) is 0 Å². The van der Waals surface area contributed by atoms with Crippen molar-refractivity contribution in [2.75, 3.05) is 0 Å². The summed E-state index contributed by atoms with van der Waals surface area (Å²) >= 11 is 2.20. The van der Waals surface area contributed by atoms with E-state index in [1.54, 1.807) is 0 Å². The largest absolute Gasteiger partial charge is 0.390 e. The molecule has 0 aromatic carbocycles. The van der Waals surface area contributed by atoms with Crippen LogP contribution in [0.4, 0.5) is 0 Å². The lowest BCUT2D eigenvalue weighted by Crippen LogP contribution is -1.92. The molecule has 0 bridgehead atoms. The molecule has 0 amide bonds. The smallest absolute Gasteiger partial charge is 0.0853 e. The van der Waals surface area contributed by atoms with Crippen molar-refractivity contribution in [2.24, 2.45) is 0 Å². The van der Waals surface area contributed by atoms with Gasteiger partial charge in [-0.1, -0.05) is 0 Å². The Morgan fingerprint density at radius 3 is 2.80 bits per heavy atom. The molecule has 0 aliphatic carbocycles. The van der Waals surface area contributed by atoms with Crippen LogP contribution < -0.4 is 0 Å². The number of nitrogens with zero attached hydrogens (tertiary/aromatic N) is 1. The second kappa shape index (κ2) is 3.30. The summed E-state index contributed by atoms with van der Waals surface area (Å²) in [4.78, 5) is 4.10. The summed E-state index contributed by atoms with van der Waals surface area (Å²) in [6.45, 7) is 1.94. The van der Waals surface area contributed by atoms with Gasteiger partial charge in [-0.2, -0.15) is 0 Å². The van der Waals surface area contributed by atoms with Gasteiger partial charge in [0.05, 0.1) is 12.3 Å². The van der Waals surface area contributed by atoms with E-state index >= 15 is 0 Å². The van der Waals surface area contributed by atoms with Crippen LogP contribution in [0.15, 0.2) is 12.1 Å². The average molecular weight is 249 g/mol. The van der Waals surface area contributed by atoms with E-state index in [0.29, 0.717) is 0 Å². The van der Waals surface area contributed by atoms with Crippen LogP contribution in [0.3, 0.4) is 0 Å². The van der Waals surface area contributed by atoms with E-state index in [-0.39, 0.29) is 6.61 Å². The third-order valence-corrected chi connectivity index (χ3v) is 1.76. The highest BCUT2D eigenvalue weighted by Gasteiger charge is 1.94. The first-order valence-electron chi connectivity index (χ1n) is 2.96. The number of pyridine rings is 1. The summed E-state index contributed by atoms with van der Waals surface area (Å²) < 4.78 is 1.12. The fourth-order valence-corrected chi connectivity index (χ4v) is 1.58. The predicted octanol–water partition coefficient (Wildman–Crippen LogP) is 1.49.